The smallest absolute Gasteiger partial charge is 0.303 e. The van der Waals surface area contributed by atoms with Crippen molar-refractivity contribution in [1.82, 2.24) is 0 Å². The van der Waals surface area contributed by atoms with Crippen LogP contribution in [0.25, 0.3) is 0 Å². The van der Waals surface area contributed by atoms with Crippen molar-refractivity contribution in [2.75, 3.05) is 26.4 Å². The molecule has 0 unspecified atom stereocenters. The van der Waals surface area contributed by atoms with E-state index in [0.29, 0.717) is 64.2 Å². The second-order valence-corrected chi connectivity index (χ2v) is 23.4. The first kappa shape index (κ1) is 51.0. The van der Waals surface area contributed by atoms with Crippen molar-refractivity contribution >= 4 is 35.8 Å². The molecule has 4 saturated carbocycles. The highest BCUT2D eigenvalue weighted by molar-refractivity contribution is 5.69. The molecule has 0 aromatic carbocycles. The molecule has 4 aliphatic carbocycles. The molecule has 0 aromatic heterocycles. The zero-order chi connectivity index (χ0) is 50.8. The second kappa shape index (κ2) is 18.1. The maximum Gasteiger partial charge on any atom is 0.303 e. The lowest BCUT2D eigenvalue weighted by atomic mass is 9.42. The molecular formula is C52H74O19. The van der Waals surface area contributed by atoms with Crippen molar-refractivity contribution in [3.8, 4) is 0 Å². The number of hydrogen-bond donors (Lipinski definition) is 0. The molecule has 0 radical (unpaired) electrons. The van der Waals surface area contributed by atoms with Gasteiger partial charge >= 0.3 is 35.8 Å². The molecule has 6 saturated heterocycles. The van der Waals surface area contributed by atoms with E-state index in [0.717, 1.165) is 0 Å². The molecule has 22 atom stereocenters. The van der Waals surface area contributed by atoms with E-state index in [2.05, 4.69) is 27.7 Å². The van der Waals surface area contributed by atoms with Crippen LogP contribution in [-0.4, -0.2) is 135 Å². The van der Waals surface area contributed by atoms with Gasteiger partial charge in [0.1, 0.15) is 48.8 Å². The van der Waals surface area contributed by atoms with Gasteiger partial charge in [-0.3, -0.25) is 28.8 Å². The Bertz CT molecular complexity index is 1970. The van der Waals surface area contributed by atoms with Crippen LogP contribution in [0.1, 0.15) is 133 Å². The summed E-state index contributed by atoms with van der Waals surface area (Å²) in [5.74, 6) is -3.05. The Hall–Kier alpha value is -3.46. The van der Waals surface area contributed by atoms with Gasteiger partial charge in [-0.15, -0.1) is 0 Å². The molecule has 19 heteroatoms. The van der Waals surface area contributed by atoms with Crippen LogP contribution in [0, 0.1) is 57.2 Å². The zero-order valence-electron chi connectivity index (χ0n) is 42.9. The predicted octanol–water partition coefficient (Wildman–Crippen LogP) is 5.23. The minimum Gasteiger partial charge on any atom is -0.465 e. The van der Waals surface area contributed by atoms with Crippen molar-refractivity contribution in [2.24, 2.45) is 57.2 Å². The molecule has 71 heavy (non-hydrogen) atoms. The van der Waals surface area contributed by atoms with Crippen LogP contribution >= 0.6 is 0 Å². The Morgan fingerprint density at radius 1 is 0.465 bits per heavy atom. The highest BCUT2D eigenvalue weighted by Crippen LogP contribution is 2.73. The van der Waals surface area contributed by atoms with E-state index in [1.54, 1.807) is 0 Å². The van der Waals surface area contributed by atoms with Gasteiger partial charge in [-0.2, -0.15) is 0 Å². The molecule has 6 aliphatic heterocycles. The molecule has 396 valence electrons. The normalized spacial score (nSPS) is 49.9. The summed E-state index contributed by atoms with van der Waals surface area (Å²) in [7, 11) is 0. The molecule has 0 N–H and O–H groups in total. The third kappa shape index (κ3) is 7.97. The highest BCUT2D eigenvalue weighted by atomic mass is 16.8. The van der Waals surface area contributed by atoms with Gasteiger partial charge in [0.25, 0.3) is 0 Å². The zero-order valence-corrected chi connectivity index (χ0v) is 42.9. The summed E-state index contributed by atoms with van der Waals surface area (Å²) in [6.45, 7) is 17.4. The van der Waals surface area contributed by atoms with Crippen molar-refractivity contribution in [2.45, 2.75) is 206 Å². The highest BCUT2D eigenvalue weighted by Gasteiger charge is 2.82. The minimum atomic E-state index is -1.01. The average molecular weight is 1000 g/mol. The molecule has 10 fully saturated rings. The number of carbonyl (C=O) groups is 6. The van der Waals surface area contributed by atoms with E-state index in [1.165, 1.54) is 41.5 Å². The van der Waals surface area contributed by atoms with E-state index >= 15 is 0 Å². The van der Waals surface area contributed by atoms with Gasteiger partial charge in [0, 0.05) is 77.0 Å². The van der Waals surface area contributed by atoms with Gasteiger partial charge in [0.05, 0.1) is 36.3 Å². The number of ether oxygens (including phenoxy) is 13. The third-order valence-electron chi connectivity index (χ3n) is 20.0. The standard InChI is InChI=1S/C52H74O19/c1-25-15-41(65-31(7)57)49(21-59-27(3)53)35(11-13-37(63-29(5)55)51(49)23-61-51)47(25,9)39-17-33-19-43(70-45(33)67-39)69-44-20-34-18-40(68-46(34)71-44)48(10)26(2)16-42(66-32(8)58)50(22-60-28(4)54)36(48)12-14-38(64-30(6)56)52(50)24-62-52/h25-26,33-46H,11-24H2,1-10H3/t25-,26-,33+,34+,35-,36-,37+,38+,39+,40+,41+,42+,43-,44+,45-,46-,47+,48+,49+,50+,51-,52-/m1/s1. The van der Waals surface area contributed by atoms with E-state index in [9.17, 15) is 28.8 Å². The lowest BCUT2D eigenvalue weighted by Crippen LogP contribution is -2.72. The molecule has 19 nitrogen and oxygen atoms in total. The Morgan fingerprint density at radius 3 is 1.13 bits per heavy atom. The monoisotopic (exact) mass is 1000 g/mol. The van der Waals surface area contributed by atoms with Crippen LogP contribution in [0.3, 0.4) is 0 Å². The molecule has 0 amide bonds. The predicted molar refractivity (Wildman–Crippen MR) is 241 cm³/mol. The van der Waals surface area contributed by atoms with E-state index < -0.39 is 118 Å². The van der Waals surface area contributed by atoms with Gasteiger partial charge in [-0.25, -0.2) is 0 Å². The quantitative estimate of drug-likeness (QED) is 0.138. The first-order valence-corrected chi connectivity index (χ1v) is 26.0. The maximum atomic E-state index is 12.8. The Balaban J connectivity index is 0.819. The number of epoxide rings is 2. The lowest BCUT2D eigenvalue weighted by molar-refractivity contribution is -0.304. The van der Waals surface area contributed by atoms with Crippen molar-refractivity contribution < 1.29 is 90.3 Å². The average Bonchev–Trinajstić information content (AvgIpc) is 4.06. The lowest BCUT2D eigenvalue weighted by Gasteiger charge is -2.64. The fourth-order valence-electron chi connectivity index (χ4n) is 16.6. The summed E-state index contributed by atoms with van der Waals surface area (Å²) < 4.78 is 82.2. The van der Waals surface area contributed by atoms with Crippen molar-refractivity contribution in [1.29, 1.82) is 0 Å². The van der Waals surface area contributed by atoms with Crippen LogP contribution in [0.15, 0.2) is 0 Å². The fraction of sp³-hybridized carbons (Fsp3) is 0.885. The van der Waals surface area contributed by atoms with Crippen molar-refractivity contribution in [3.63, 3.8) is 0 Å². The van der Waals surface area contributed by atoms with Gasteiger partial charge < -0.3 is 61.6 Å². The molecule has 10 rings (SSSR count). The number of fused-ring (bicyclic) bond motifs is 6. The molecular weight excluding hydrogens is 929 g/mol. The SMILES string of the molecule is CC(=O)OC[C@@]12[C@@H](OC(C)=O)C[C@@H](C)[C@](C)([C@@H]3C[C@H]4C[C@H](O[C@@H]5C[C@@H]6C[C@@H]([C@@]7(C)[C@H](C)C[C@H](OC(C)=O)[C@]8(COC(C)=O)[C@@H]7CC[C@H](OC(C)=O)[C@]87CO7)O[C@@H]6O5)O[C@H]4O3)[C@H]1CC[C@H](OC(C)=O)[C@]21CO1. The van der Waals surface area contributed by atoms with Gasteiger partial charge in [-0.1, -0.05) is 27.7 Å². The van der Waals surface area contributed by atoms with Gasteiger partial charge in [0.15, 0.2) is 25.2 Å². The van der Waals surface area contributed by atoms with Crippen LogP contribution < -0.4 is 0 Å². The summed E-state index contributed by atoms with van der Waals surface area (Å²) in [4.78, 5) is 75.4. The molecule has 2 spiro atoms. The van der Waals surface area contributed by atoms with E-state index in [-0.39, 0.29) is 74.1 Å². The van der Waals surface area contributed by atoms with Crippen molar-refractivity contribution in [3.05, 3.63) is 0 Å². The second-order valence-electron chi connectivity index (χ2n) is 23.4. The van der Waals surface area contributed by atoms with E-state index in [4.69, 9.17) is 61.6 Å². The molecule has 0 bridgehead atoms. The maximum absolute atomic E-state index is 12.8. The summed E-state index contributed by atoms with van der Waals surface area (Å²) >= 11 is 0. The largest absolute Gasteiger partial charge is 0.465 e. The number of rotatable bonds is 12. The molecule has 6 heterocycles. The van der Waals surface area contributed by atoms with Gasteiger partial charge in [-0.05, 0) is 75.0 Å². The Kier molecular flexibility index (Phi) is 13.0. The minimum absolute atomic E-state index is 0.00719. The molecule has 0 aromatic rings. The first-order valence-electron chi connectivity index (χ1n) is 26.0. The number of esters is 6. The number of hydrogen-bond acceptors (Lipinski definition) is 19. The fourth-order valence-corrected chi connectivity index (χ4v) is 16.6. The third-order valence-corrected chi connectivity index (χ3v) is 20.0. The van der Waals surface area contributed by atoms with Crippen LogP contribution in [0.5, 0.6) is 0 Å². The van der Waals surface area contributed by atoms with Crippen LogP contribution in [-0.2, 0) is 90.3 Å². The summed E-state index contributed by atoms with van der Waals surface area (Å²) in [6.07, 6.45) is 0.481. The number of carbonyl (C=O) groups excluding carboxylic acids is 6. The first-order chi connectivity index (χ1) is 33.5. The summed E-state index contributed by atoms with van der Waals surface area (Å²) in [5, 5.41) is 0. The van der Waals surface area contributed by atoms with Crippen LogP contribution in [0.4, 0.5) is 0 Å². The Morgan fingerprint density at radius 2 is 0.817 bits per heavy atom. The summed E-state index contributed by atoms with van der Waals surface area (Å²) in [5.41, 5.74) is -5.07. The Labute approximate surface area is 415 Å². The topological polar surface area (TPSA) is 229 Å². The van der Waals surface area contributed by atoms with E-state index in [1.807, 2.05) is 0 Å². The summed E-state index contributed by atoms with van der Waals surface area (Å²) in [6, 6.07) is 0. The van der Waals surface area contributed by atoms with Gasteiger partial charge in [0.2, 0.25) is 0 Å². The molecule has 10 aliphatic rings. The van der Waals surface area contributed by atoms with Crippen LogP contribution in [0.2, 0.25) is 0 Å².